The zero-order valence-corrected chi connectivity index (χ0v) is 11.8. The normalized spacial score (nSPS) is 12.4. The van der Waals surface area contributed by atoms with Crippen LogP contribution in [0.25, 0.3) is 5.69 Å². The molecule has 5 nitrogen and oxygen atoms in total. The second kappa shape index (κ2) is 6.34. The van der Waals surface area contributed by atoms with E-state index in [0.717, 1.165) is 11.4 Å². The van der Waals surface area contributed by atoms with Crippen LogP contribution in [0.2, 0.25) is 0 Å². The molecule has 5 heteroatoms. The van der Waals surface area contributed by atoms with E-state index in [1.165, 1.54) is 0 Å². The van der Waals surface area contributed by atoms with E-state index in [2.05, 4.69) is 10.4 Å². The first-order chi connectivity index (χ1) is 9.56. The zero-order valence-electron chi connectivity index (χ0n) is 11.8. The van der Waals surface area contributed by atoms with Gasteiger partial charge in [-0.2, -0.15) is 5.10 Å². The Kier molecular flexibility index (Phi) is 4.53. The Hall–Kier alpha value is -2.14. The summed E-state index contributed by atoms with van der Waals surface area (Å²) in [6, 6.07) is 8.88. The van der Waals surface area contributed by atoms with Crippen LogP contribution in [0.15, 0.2) is 42.7 Å². The fourth-order valence-electron chi connectivity index (χ4n) is 1.97. The lowest BCUT2D eigenvalue weighted by molar-refractivity contribution is -0.117. The fourth-order valence-corrected chi connectivity index (χ4v) is 1.97. The van der Waals surface area contributed by atoms with Crippen molar-refractivity contribution < 1.29 is 4.79 Å². The van der Waals surface area contributed by atoms with Gasteiger partial charge in [-0.3, -0.25) is 4.79 Å². The molecule has 2 aromatic rings. The van der Waals surface area contributed by atoms with E-state index in [1.807, 2.05) is 50.4 Å². The van der Waals surface area contributed by atoms with Gasteiger partial charge in [-0.05, 0) is 42.7 Å². The van der Waals surface area contributed by atoms with Crippen molar-refractivity contribution in [2.45, 2.75) is 26.3 Å². The molecule has 0 saturated carbocycles. The summed E-state index contributed by atoms with van der Waals surface area (Å²) in [6.45, 7) is 4.10. The summed E-state index contributed by atoms with van der Waals surface area (Å²) in [6.07, 6.45) is 4.27. The maximum Gasteiger partial charge on any atom is 0.241 e. The van der Waals surface area contributed by atoms with Gasteiger partial charge >= 0.3 is 0 Å². The molecular weight excluding hydrogens is 252 g/mol. The van der Waals surface area contributed by atoms with Crippen LogP contribution in [0.4, 0.5) is 5.69 Å². The van der Waals surface area contributed by atoms with E-state index < -0.39 is 6.04 Å². The van der Waals surface area contributed by atoms with Crippen molar-refractivity contribution in [2.24, 2.45) is 11.7 Å². The minimum absolute atomic E-state index is 0.148. The minimum atomic E-state index is -0.471. The summed E-state index contributed by atoms with van der Waals surface area (Å²) in [4.78, 5) is 11.9. The molecule has 0 unspecified atom stereocenters. The van der Waals surface area contributed by atoms with Crippen LogP contribution in [0, 0.1) is 5.92 Å². The third-order valence-electron chi connectivity index (χ3n) is 2.97. The second-order valence-corrected chi connectivity index (χ2v) is 5.22. The second-order valence-electron chi connectivity index (χ2n) is 5.22. The van der Waals surface area contributed by atoms with Gasteiger partial charge in [0, 0.05) is 18.1 Å². The first kappa shape index (κ1) is 14.3. The monoisotopic (exact) mass is 272 g/mol. The Morgan fingerprint density at radius 2 is 2.05 bits per heavy atom. The quantitative estimate of drug-likeness (QED) is 0.876. The lowest BCUT2D eigenvalue weighted by Crippen LogP contribution is -2.36. The number of hydrogen-bond acceptors (Lipinski definition) is 3. The summed E-state index contributed by atoms with van der Waals surface area (Å²) in [5, 5.41) is 6.97. The number of hydrogen-bond donors (Lipinski definition) is 2. The average Bonchev–Trinajstić information content (AvgIpc) is 2.92. The summed E-state index contributed by atoms with van der Waals surface area (Å²) in [5.41, 5.74) is 7.53. The van der Waals surface area contributed by atoms with E-state index in [-0.39, 0.29) is 5.91 Å². The van der Waals surface area contributed by atoms with Crippen LogP contribution >= 0.6 is 0 Å². The number of nitrogens with one attached hydrogen (secondary N) is 1. The molecule has 0 bridgehead atoms. The highest BCUT2D eigenvalue weighted by atomic mass is 16.2. The predicted molar refractivity (Wildman–Crippen MR) is 79.6 cm³/mol. The number of carbonyl (C=O) groups excluding carboxylic acids is 1. The van der Waals surface area contributed by atoms with Crippen molar-refractivity contribution in [3.8, 4) is 5.69 Å². The Balaban J connectivity index is 1.99. The Morgan fingerprint density at radius 1 is 1.35 bits per heavy atom. The van der Waals surface area contributed by atoms with Crippen LogP contribution < -0.4 is 11.1 Å². The van der Waals surface area contributed by atoms with Gasteiger partial charge in [0.2, 0.25) is 5.91 Å². The van der Waals surface area contributed by atoms with Gasteiger partial charge in [-0.15, -0.1) is 0 Å². The molecule has 106 valence electrons. The smallest absolute Gasteiger partial charge is 0.241 e. The van der Waals surface area contributed by atoms with E-state index in [1.54, 1.807) is 10.9 Å². The third-order valence-corrected chi connectivity index (χ3v) is 2.97. The number of amides is 1. The summed E-state index contributed by atoms with van der Waals surface area (Å²) >= 11 is 0. The largest absolute Gasteiger partial charge is 0.325 e. The molecule has 0 saturated heterocycles. The number of benzene rings is 1. The molecule has 0 spiro atoms. The van der Waals surface area contributed by atoms with Crippen molar-refractivity contribution in [2.75, 3.05) is 5.32 Å². The molecule has 20 heavy (non-hydrogen) atoms. The molecule has 0 radical (unpaired) electrons. The Labute approximate surface area is 118 Å². The van der Waals surface area contributed by atoms with E-state index in [0.29, 0.717) is 12.3 Å². The number of aromatic nitrogens is 2. The number of nitrogens with two attached hydrogens (primary N) is 1. The lowest BCUT2D eigenvalue weighted by Gasteiger charge is -2.14. The Bertz CT molecular complexity index is 546. The maximum atomic E-state index is 11.9. The topological polar surface area (TPSA) is 72.9 Å². The van der Waals surface area contributed by atoms with Crippen molar-refractivity contribution >= 4 is 11.6 Å². The molecule has 0 fully saturated rings. The van der Waals surface area contributed by atoms with Crippen molar-refractivity contribution in [3.05, 3.63) is 42.7 Å². The number of nitrogens with zero attached hydrogens (tertiary/aromatic N) is 2. The molecular formula is C15H20N4O. The van der Waals surface area contributed by atoms with Crippen LogP contribution in [0.5, 0.6) is 0 Å². The predicted octanol–water partition coefficient (Wildman–Crippen LogP) is 2.18. The molecule has 1 heterocycles. The molecule has 0 aliphatic rings. The number of anilines is 1. The van der Waals surface area contributed by atoms with Gasteiger partial charge in [-0.25, -0.2) is 4.68 Å². The first-order valence-electron chi connectivity index (χ1n) is 6.73. The van der Waals surface area contributed by atoms with Gasteiger partial charge < -0.3 is 11.1 Å². The number of rotatable bonds is 5. The van der Waals surface area contributed by atoms with E-state index in [9.17, 15) is 4.79 Å². The average molecular weight is 272 g/mol. The minimum Gasteiger partial charge on any atom is -0.325 e. The van der Waals surface area contributed by atoms with Crippen LogP contribution in [0.3, 0.4) is 0 Å². The molecule has 0 aliphatic carbocycles. The Morgan fingerprint density at radius 3 is 2.60 bits per heavy atom. The summed E-state index contributed by atoms with van der Waals surface area (Å²) in [5.74, 6) is 0.253. The maximum absolute atomic E-state index is 11.9. The molecule has 1 aromatic carbocycles. The SMILES string of the molecule is CC(C)C[C@H](N)C(=O)Nc1ccc(-n2cccn2)cc1. The van der Waals surface area contributed by atoms with Crippen LogP contribution in [-0.2, 0) is 4.79 Å². The van der Waals surface area contributed by atoms with Gasteiger partial charge in [0.05, 0.1) is 11.7 Å². The summed E-state index contributed by atoms with van der Waals surface area (Å²) in [7, 11) is 0. The third kappa shape index (κ3) is 3.68. The van der Waals surface area contributed by atoms with Crippen molar-refractivity contribution in [1.82, 2.24) is 9.78 Å². The van der Waals surface area contributed by atoms with Gasteiger partial charge in [0.15, 0.2) is 0 Å². The van der Waals surface area contributed by atoms with Gasteiger partial charge in [0.1, 0.15) is 0 Å². The van der Waals surface area contributed by atoms with Gasteiger partial charge in [-0.1, -0.05) is 13.8 Å². The highest BCUT2D eigenvalue weighted by molar-refractivity contribution is 5.94. The van der Waals surface area contributed by atoms with E-state index in [4.69, 9.17) is 5.73 Å². The molecule has 0 aliphatic heterocycles. The fraction of sp³-hybridized carbons (Fsp3) is 0.333. The van der Waals surface area contributed by atoms with Gasteiger partial charge in [0.25, 0.3) is 0 Å². The standard InChI is InChI=1S/C15H20N4O/c1-11(2)10-14(16)15(20)18-12-4-6-13(7-5-12)19-9-3-8-17-19/h3-9,11,14H,10,16H2,1-2H3,(H,18,20)/t14-/m0/s1. The molecule has 1 amide bonds. The first-order valence-corrected chi connectivity index (χ1v) is 6.73. The van der Waals surface area contributed by atoms with Crippen LogP contribution in [-0.4, -0.2) is 21.7 Å². The zero-order chi connectivity index (χ0) is 14.5. The molecule has 3 N–H and O–H groups in total. The molecule has 1 aromatic heterocycles. The van der Waals surface area contributed by atoms with Crippen LogP contribution in [0.1, 0.15) is 20.3 Å². The summed E-state index contributed by atoms with van der Waals surface area (Å²) < 4.78 is 1.76. The molecule has 2 rings (SSSR count). The highest BCUT2D eigenvalue weighted by Gasteiger charge is 2.14. The molecule has 1 atom stereocenters. The number of carbonyl (C=O) groups is 1. The van der Waals surface area contributed by atoms with Crippen molar-refractivity contribution in [3.63, 3.8) is 0 Å². The lowest BCUT2D eigenvalue weighted by atomic mass is 10.0. The highest BCUT2D eigenvalue weighted by Crippen LogP contribution is 2.13. The van der Waals surface area contributed by atoms with E-state index >= 15 is 0 Å². The van der Waals surface area contributed by atoms with Crippen molar-refractivity contribution in [1.29, 1.82) is 0 Å².